The lowest BCUT2D eigenvalue weighted by Crippen LogP contribution is -2.55. The molecule has 0 aromatic carbocycles. The van der Waals surface area contributed by atoms with Gasteiger partial charge in [-0.05, 0) is 32.6 Å². The first-order chi connectivity index (χ1) is 10.3. The summed E-state index contributed by atoms with van der Waals surface area (Å²) in [5, 5.41) is 0. The summed E-state index contributed by atoms with van der Waals surface area (Å²) in [5.74, 6) is 0.310. The van der Waals surface area contributed by atoms with Crippen LogP contribution in [-0.2, 0) is 9.59 Å². The summed E-state index contributed by atoms with van der Waals surface area (Å²) in [6.45, 7) is 8.10. The number of hydrogen-bond acceptors (Lipinski definition) is 3. The monoisotopic (exact) mass is 347 g/mol. The van der Waals surface area contributed by atoms with Gasteiger partial charge in [-0.15, -0.1) is 12.4 Å². The zero-order valence-corrected chi connectivity index (χ0v) is 16.0. The molecule has 1 fully saturated rings. The summed E-state index contributed by atoms with van der Waals surface area (Å²) < 4.78 is 0. The topological polar surface area (TPSA) is 66.6 Å². The Labute approximate surface area is 147 Å². The first kappa shape index (κ1) is 22.2. The van der Waals surface area contributed by atoms with E-state index >= 15 is 0 Å². The van der Waals surface area contributed by atoms with E-state index in [2.05, 4.69) is 6.92 Å². The Balaban J connectivity index is 0.00000484. The third-order valence-corrected chi connectivity index (χ3v) is 4.61. The average molecular weight is 348 g/mol. The van der Waals surface area contributed by atoms with E-state index < -0.39 is 5.54 Å². The number of rotatable bonds is 7. The number of unbranched alkanes of at least 4 members (excludes halogenated alkanes) is 1. The zero-order chi connectivity index (χ0) is 16.8. The molecule has 5 nitrogen and oxygen atoms in total. The van der Waals surface area contributed by atoms with Gasteiger partial charge in [0.25, 0.3) is 0 Å². The predicted octanol–water partition coefficient (Wildman–Crippen LogP) is 2.42. The van der Waals surface area contributed by atoms with Crippen LogP contribution in [0, 0.1) is 5.92 Å². The van der Waals surface area contributed by atoms with Crippen molar-refractivity contribution in [2.75, 3.05) is 26.7 Å². The molecule has 1 rings (SSSR count). The fourth-order valence-electron chi connectivity index (χ4n) is 3.13. The van der Waals surface area contributed by atoms with Gasteiger partial charge in [0.2, 0.25) is 11.8 Å². The number of carbonyl (C=O) groups excluding carboxylic acids is 2. The van der Waals surface area contributed by atoms with Crippen LogP contribution in [0.25, 0.3) is 0 Å². The van der Waals surface area contributed by atoms with Gasteiger partial charge in [0, 0.05) is 32.6 Å². The summed E-state index contributed by atoms with van der Waals surface area (Å²) in [5.41, 5.74) is 5.36. The van der Waals surface area contributed by atoms with Crippen LogP contribution in [0.4, 0.5) is 0 Å². The fourth-order valence-corrected chi connectivity index (χ4v) is 3.13. The molecule has 2 amide bonds. The molecule has 1 saturated heterocycles. The van der Waals surface area contributed by atoms with E-state index in [0.29, 0.717) is 19.5 Å². The molecule has 0 saturated carbocycles. The highest BCUT2D eigenvalue weighted by atomic mass is 35.5. The minimum Gasteiger partial charge on any atom is -0.346 e. The lowest BCUT2D eigenvalue weighted by Gasteiger charge is -2.37. The molecule has 136 valence electrons. The number of nitrogens with two attached hydrogens (primary N) is 1. The van der Waals surface area contributed by atoms with Crippen molar-refractivity contribution in [1.29, 1.82) is 0 Å². The minimum atomic E-state index is -0.774. The van der Waals surface area contributed by atoms with E-state index in [1.165, 1.54) is 0 Å². The number of carbonyl (C=O) groups is 2. The Hall–Kier alpha value is -0.810. The Morgan fingerprint density at radius 3 is 2.26 bits per heavy atom. The van der Waals surface area contributed by atoms with Crippen molar-refractivity contribution < 1.29 is 9.59 Å². The molecule has 1 heterocycles. The molecule has 0 spiro atoms. The molecule has 23 heavy (non-hydrogen) atoms. The third kappa shape index (κ3) is 6.30. The number of piperidine rings is 1. The normalized spacial score (nSPS) is 18.0. The summed E-state index contributed by atoms with van der Waals surface area (Å²) in [4.78, 5) is 28.5. The van der Waals surface area contributed by atoms with Crippen LogP contribution < -0.4 is 5.73 Å². The highest BCUT2D eigenvalue weighted by molar-refractivity contribution is 5.86. The number of nitrogens with zero attached hydrogens (tertiary/aromatic N) is 2. The third-order valence-electron chi connectivity index (χ3n) is 4.61. The maximum Gasteiger partial charge on any atom is 0.242 e. The molecule has 1 unspecified atom stereocenters. The number of hydrogen-bond donors (Lipinski definition) is 1. The van der Waals surface area contributed by atoms with Crippen molar-refractivity contribution in [2.45, 2.75) is 64.8 Å². The van der Waals surface area contributed by atoms with Crippen molar-refractivity contribution in [2.24, 2.45) is 11.7 Å². The zero-order valence-electron chi connectivity index (χ0n) is 15.1. The molecule has 0 aromatic rings. The lowest BCUT2D eigenvalue weighted by atomic mass is 9.91. The second-order valence-corrected chi connectivity index (χ2v) is 6.85. The van der Waals surface area contributed by atoms with Crippen LogP contribution in [0.15, 0.2) is 0 Å². The van der Waals surface area contributed by atoms with E-state index in [0.717, 1.165) is 38.6 Å². The molecule has 1 aliphatic rings. The quantitative estimate of drug-likeness (QED) is 0.769. The van der Waals surface area contributed by atoms with Gasteiger partial charge in [-0.2, -0.15) is 0 Å². The van der Waals surface area contributed by atoms with Gasteiger partial charge in [0.1, 0.15) is 0 Å². The Morgan fingerprint density at radius 2 is 1.78 bits per heavy atom. The van der Waals surface area contributed by atoms with Crippen LogP contribution in [0.3, 0.4) is 0 Å². The predicted molar refractivity (Wildman–Crippen MR) is 96.6 cm³/mol. The summed E-state index contributed by atoms with van der Waals surface area (Å²) >= 11 is 0. The lowest BCUT2D eigenvalue weighted by molar-refractivity contribution is -0.142. The van der Waals surface area contributed by atoms with Crippen LogP contribution in [0.5, 0.6) is 0 Å². The smallest absolute Gasteiger partial charge is 0.242 e. The van der Waals surface area contributed by atoms with E-state index in [1.54, 1.807) is 0 Å². The van der Waals surface area contributed by atoms with Gasteiger partial charge >= 0.3 is 0 Å². The van der Waals surface area contributed by atoms with Gasteiger partial charge in [0.05, 0.1) is 5.54 Å². The SMILES string of the molecule is CCCCN(C)C(=O)C1CCN(C(=O)C(C)(N)CCC)CC1.Cl. The van der Waals surface area contributed by atoms with E-state index in [4.69, 9.17) is 5.73 Å². The maximum absolute atomic E-state index is 12.5. The van der Waals surface area contributed by atoms with Gasteiger partial charge in [-0.3, -0.25) is 9.59 Å². The first-order valence-electron chi connectivity index (χ1n) is 8.66. The maximum atomic E-state index is 12.5. The second-order valence-electron chi connectivity index (χ2n) is 6.85. The molecule has 0 aromatic heterocycles. The van der Waals surface area contributed by atoms with Gasteiger partial charge in [-0.1, -0.05) is 26.7 Å². The largest absolute Gasteiger partial charge is 0.346 e. The molecular formula is C17H34ClN3O2. The summed E-state index contributed by atoms with van der Waals surface area (Å²) in [6, 6.07) is 0. The molecule has 1 atom stereocenters. The van der Waals surface area contributed by atoms with E-state index in [1.807, 2.05) is 30.7 Å². The van der Waals surface area contributed by atoms with Crippen LogP contribution in [-0.4, -0.2) is 53.8 Å². The summed E-state index contributed by atoms with van der Waals surface area (Å²) in [6.07, 6.45) is 5.24. The molecule has 0 bridgehead atoms. The Kier molecular flexibility index (Phi) is 9.78. The average Bonchev–Trinajstić information content (AvgIpc) is 2.51. The Morgan fingerprint density at radius 1 is 1.22 bits per heavy atom. The fraction of sp³-hybridized carbons (Fsp3) is 0.882. The molecule has 1 aliphatic heterocycles. The first-order valence-corrected chi connectivity index (χ1v) is 8.66. The van der Waals surface area contributed by atoms with E-state index in [9.17, 15) is 9.59 Å². The molecule has 0 radical (unpaired) electrons. The minimum absolute atomic E-state index is 0. The molecular weight excluding hydrogens is 314 g/mol. The van der Waals surface area contributed by atoms with Crippen LogP contribution in [0.2, 0.25) is 0 Å². The number of amides is 2. The van der Waals surface area contributed by atoms with Crippen molar-refractivity contribution in [3.05, 3.63) is 0 Å². The van der Waals surface area contributed by atoms with Crippen molar-refractivity contribution in [3.8, 4) is 0 Å². The Bertz CT molecular complexity index is 380. The van der Waals surface area contributed by atoms with Crippen LogP contribution >= 0.6 is 12.4 Å². The van der Waals surface area contributed by atoms with Gasteiger partial charge < -0.3 is 15.5 Å². The van der Waals surface area contributed by atoms with Crippen LogP contribution in [0.1, 0.15) is 59.3 Å². The highest BCUT2D eigenvalue weighted by Gasteiger charge is 2.35. The van der Waals surface area contributed by atoms with Crippen molar-refractivity contribution in [1.82, 2.24) is 9.80 Å². The standard InChI is InChI=1S/C17H33N3O2.ClH/c1-5-7-11-19(4)15(21)14-8-12-20(13-9-14)16(22)17(3,18)10-6-2;/h14H,5-13,18H2,1-4H3;1H. The molecule has 0 aliphatic carbocycles. The van der Waals surface area contributed by atoms with Gasteiger partial charge in [0.15, 0.2) is 0 Å². The van der Waals surface area contributed by atoms with Crippen molar-refractivity contribution in [3.63, 3.8) is 0 Å². The number of halogens is 1. The summed E-state index contributed by atoms with van der Waals surface area (Å²) in [7, 11) is 1.88. The second kappa shape index (κ2) is 10.1. The van der Waals surface area contributed by atoms with Crippen molar-refractivity contribution >= 4 is 24.2 Å². The molecule has 6 heteroatoms. The highest BCUT2D eigenvalue weighted by Crippen LogP contribution is 2.22. The van der Waals surface area contributed by atoms with E-state index in [-0.39, 0.29) is 30.1 Å². The number of likely N-dealkylation sites (tertiary alicyclic amines) is 1. The van der Waals surface area contributed by atoms with Gasteiger partial charge in [-0.25, -0.2) is 0 Å². The molecule has 2 N–H and O–H groups in total.